The van der Waals surface area contributed by atoms with E-state index in [0.717, 1.165) is 6.54 Å². The zero-order valence-corrected chi connectivity index (χ0v) is 9.47. The van der Waals surface area contributed by atoms with Crippen LogP contribution in [0.25, 0.3) is 0 Å². The van der Waals surface area contributed by atoms with Crippen LogP contribution in [0.2, 0.25) is 0 Å². The molecule has 0 aromatic heterocycles. The van der Waals surface area contributed by atoms with Gasteiger partial charge in [0.1, 0.15) is 0 Å². The van der Waals surface area contributed by atoms with E-state index in [1.807, 2.05) is 0 Å². The summed E-state index contributed by atoms with van der Waals surface area (Å²) < 4.78 is 0. The Morgan fingerprint density at radius 2 is 2.43 bits per heavy atom. The molecule has 80 valence electrons. The van der Waals surface area contributed by atoms with Crippen LogP contribution in [0.4, 0.5) is 0 Å². The number of rotatable bonds is 2. The van der Waals surface area contributed by atoms with E-state index in [9.17, 15) is 0 Å². The van der Waals surface area contributed by atoms with Gasteiger partial charge in [-0.3, -0.25) is 4.90 Å². The lowest BCUT2D eigenvalue weighted by molar-refractivity contribution is 0.215. The maximum atomic E-state index is 3.63. The average molecular weight is 194 g/mol. The zero-order chi connectivity index (χ0) is 10.0. The lowest BCUT2D eigenvalue weighted by Gasteiger charge is -2.34. The van der Waals surface area contributed by atoms with Crippen molar-refractivity contribution in [1.29, 1.82) is 0 Å². The van der Waals surface area contributed by atoms with Crippen molar-refractivity contribution < 1.29 is 0 Å². The first-order chi connectivity index (χ1) is 6.68. The lowest BCUT2D eigenvalue weighted by Crippen LogP contribution is -2.48. The third-order valence-electron chi connectivity index (χ3n) is 3.55. The van der Waals surface area contributed by atoms with Crippen LogP contribution in [0, 0.1) is 0 Å². The van der Waals surface area contributed by atoms with Gasteiger partial charge in [-0.15, -0.1) is 0 Å². The van der Waals surface area contributed by atoms with E-state index >= 15 is 0 Å². The van der Waals surface area contributed by atoms with Crippen molar-refractivity contribution >= 4 is 0 Å². The summed E-state index contributed by atoms with van der Waals surface area (Å²) in [6.07, 6.45) is 6.32. The maximum absolute atomic E-state index is 3.63. The van der Waals surface area contributed by atoms with Gasteiger partial charge in [0.25, 0.3) is 0 Å². The molecule has 14 heavy (non-hydrogen) atoms. The summed E-state index contributed by atoms with van der Waals surface area (Å²) in [4.78, 5) is 2.57. The second kappa shape index (κ2) is 4.03. The van der Waals surface area contributed by atoms with E-state index in [-0.39, 0.29) is 0 Å². The summed E-state index contributed by atoms with van der Waals surface area (Å²) in [5, 5.41) is 3.63. The fraction of sp³-hybridized carbons (Fsp3) is 0.833. The summed E-state index contributed by atoms with van der Waals surface area (Å²) >= 11 is 0. The van der Waals surface area contributed by atoms with Gasteiger partial charge in [0, 0.05) is 25.2 Å². The van der Waals surface area contributed by atoms with E-state index in [1.54, 1.807) is 5.57 Å². The van der Waals surface area contributed by atoms with Crippen molar-refractivity contribution in [3.63, 3.8) is 0 Å². The predicted molar refractivity (Wildman–Crippen MR) is 60.5 cm³/mol. The highest BCUT2D eigenvalue weighted by Crippen LogP contribution is 2.21. The minimum atomic E-state index is 0.388. The van der Waals surface area contributed by atoms with Gasteiger partial charge < -0.3 is 5.32 Å². The largest absolute Gasteiger partial charge is 0.310 e. The molecule has 2 nitrogen and oxygen atoms in total. The zero-order valence-electron chi connectivity index (χ0n) is 9.47. The Labute approximate surface area is 87.4 Å². The SMILES string of the molecule is CC1=CCN(CC2(C)CCCN2)CC1. The molecule has 2 heterocycles. The van der Waals surface area contributed by atoms with Crippen LogP contribution >= 0.6 is 0 Å². The van der Waals surface area contributed by atoms with E-state index in [2.05, 4.69) is 30.1 Å². The fourth-order valence-electron chi connectivity index (χ4n) is 2.54. The summed E-state index contributed by atoms with van der Waals surface area (Å²) in [5.74, 6) is 0. The van der Waals surface area contributed by atoms with Gasteiger partial charge in [-0.1, -0.05) is 11.6 Å². The Morgan fingerprint density at radius 1 is 1.57 bits per heavy atom. The average Bonchev–Trinajstić information content (AvgIpc) is 2.57. The smallest absolute Gasteiger partial charge is 0.0281 e. The number of nitrogens with zero attached hydrogens (tertiary/aromatic N) is 1. The number of hydrogen-bond donors (Lipinski definition) is 1. The van der Waals surface area contributed by atoms with Gasteiger partial charge in [0.2, 0.25) is 0 Å². The van der Waals surface area contributed by atoms with E-state index in [1.165, 1.54) is 38.9 Å². The molecule has 0 radical (unpaired) electrons. The normalized spacial score (nSPS) is 34.6. The number of hydrogen-bond acceptors (Lipinski definition) is 2. The Bertz CT molecular complexity index is 226. The molecule has 0 spiro atoms. The summed E-state index contributed by atoms with van der Waals surface area (Å²) in [6, 6.07) is 0. The minimum Gasteiger partial charge on any atom is -0.310 e. The number of nitrogens with one attached hydrogen (secondary N) is 1. The van der Waals surface area contributed by atoms with Crippen molar-refractivity contribution in [2.75, 3.05) is 26.2 Å². The monoisotopic (exact) mass is 194 g/mol. The van der Waals surface area contributed by atoms with Gasteiger partial charge >= 0.3 is 0 Å². The second-order valence-corrected chi connectivity index (χ2v) is 5.13. The van der Waals surface area contributed by atoms with Crippen molar-refractivity contribution in [3.8, 4) is 0 Å². The Morgan fingerprint density at radius 3 is 3.00 bits per heavy atom. The molecule has 0 aromatic rings. The molecule has 2 heteroatoms. The van der Waals surface area contributed by atoms with Crippen molar-refractivity contribution in [1.82, 2.24) is 10.2 Å². The highest BCUT2D eigenvalue weighted by molar-refractivity contribution is 5.05. The van der Waals surface area contributed by atoms with Gasteiger partial charge in [-0.05, 0) is 39.7 Å². The topological polar surface area (TPSA) is 15.3 Å². The molecule has 0 bridgehead atoms. The van der Waals surface area contributed by atoms with Crippen LogP contribution in [0.1, 0.15) is 33.1 Å². The van der Waals surface area contributed by atoms with Crippen LogP contribution in [0.5, 0.6) is 0 Å². The van der Waals surface area contributed by atoms with Crippen LogP contribution in [0.3, 0.4) is 0 Å². The first-order valence-corrected chi connectivity index (χ1v) is 5.81. The molecule has 0 aromatic carbocycles. The molecular formula is C12H22N2. The molecule has 1 atom stereocenters. The van der Waals surface area contributed by atoms with Gasteiger partial charge in [0.05, 0.1) is 0 Å². The Kier molecular flexibility index (Phi) is 2.93. The molecule has 1 fully saturated rings. The fourth-order valence-corrected chi connectivity index (χ4v) is 2.54. The summed E-state index contributed by atoms with van der Waals surface area (Å²) in [7, 11) is 0. The quantitative estimate of drug-likeness (QED) is 0.674. The highest BCUT2D eigenvalue weighted by atomic mass is 15.2. The molecule has 0 saturated carbocycles. The molecule has 1 saturated heterocycles. The Hall–Kier alpha value is -0.340. The van der Waals surface area contributed by atoms with Crippen LogP contribution in [-0.2, 0) is 0 Å². The third-order valence-corrected chi connectivity index (χ3v) is 3.55. The maximum Gasteiger partial charge on any atom is 0.0281 e. The standard InChI is InChI=1S/C12H22N2/c1-11-4-8-14(9-5-11)10-12(2)6-3-7-13-12/h4,13H,3,5-10H2,1-2H3. The highest BCUT2D eigenvalue weighted by Gasteiger charge is 2.30. The summed E-state index contributed by atoms with van der Waals surface area (Å²) in [6.45, 7) is 9.44. The van der Waals surface area contributed by atoms with Crippen LogP contribution in [0.15, 0.2) is 11.6 Å². The van der Waals surface area contributed by atoms with Gasteiger partial charge in [0.15, 0.2) is 0 Å². The van der Waals surface area contributed by atoms with Crippen molar-refractivity contribution in [3.05, 3.63) is 11.6 Å². The van der Waals surface area contributed by atoms with Crippen LogP contribution < -0.4 is 5.32 Å². The molecule has 0 amide bonds. The lowest BCUT2D eigenvalue weighted by atomic mass is 9.98. The third kappa shape index (κ3) is 2.37. The van der Waals surface area contributed by atoms with E-state index in [0.29, 0.717) is 5.54 Å². The molecule has 1 N–H and O–H groups in total. The first-order valence-electron chi connectivity index (χ1n) is 5.81. The molecule has 2 aliphatic rings. The van der Waals surface area contributed by atoms with Crippen molar-refractivity contribution in [2.24, 2.45) is 0 Å². The van der Waals surface area contributed by atoms with E-state index < -0.39 is 0 Å². The Balaban J connectivity index is 1.86. The summed E-state index contributed by atoms with van der Waals surface area (Å²) in [5.41, 5.74) is 1.95. The molecule has 2 aliphatic heterocycles. The second-order valence-electron chi connectivity index (χ2n) is 5.13. The van der Waals surface area contributed by atoms with Crippen LogP contribution in [-0.4, -0.2) is 36.6 Å². The first kappa shape index (κ1) is 10.2. The molecule has 0 aliphatic carbocycles. The molecular weight excluding hydrogens is 172 g/mol. The molecule has 1 unspecified atom stereocenters. The van der Waals surface area contributed by atoms with Gasteiger partial charge in [-0.2, -0.15) is 0 Å². The minimum absolute atomic E-state index is 0.388. The molecule has 2 rings (SSSR count). The van der Waals surface area contributed by atoms with Gasteiger partial charge in [-0.25, -0.2) is 0 Å². The van der Waals surface area contributed by atoms with Crippen molar-refractivity contribution in [2.45, 2.75) is 38.6 Å². The van der Waals surface area contributed by atoms with E-state index in [4.69, 9.17) is 0 Å². The predicted octanol–water partition coefficient (Wildman–Crippen LogP) is 1.78.